The Kier molecular flexibility index (Phi) is 9.33. The molecule has 0 aromatic rings. The van der Waals surface area contributed by atoms with Crippen molar-refractivity contribution < 1.29 is 22.1 Å². The molecule has 132 valence electrons. The van der Waals surface area contributed by atoms with E-state index in [0.717, 1.165) is 25.3 Å². The standard InChI is InChI=1S/C14H33NO5Si2/c1-5-16-21(17-6-2)13-11-14(10-9-12-15)20-22(21,18-7-3)19-8-4/h14H,5-13,15H2,1-4H3. The van der Waals surface area contributed by atoms with Crippen molar-refractivity contribution in [3.05, 3.63) is 0 Å². The van der Waals surface area contributed by atoms with Crippen molar-refractivity contribution in [2.75, 3.05) is 33.0 Å². The molecule has 1 aliphatic heterocycles. The average Bonchev–Trinajstić information content (AvgIpc) is 2.49. The van der Waals surface area contributed by atoms with Crippen LogP contribution in [-0.4, -0.2) is 55.5 Å². The van der Waals surface area contributed by atoms with Crippen LogP contribution in [0, 0.1) is 0 Å². The molecule has 0 aromatic carbocycles. The number of hydrogen-bond donors (Lipinski definition) is 1. The molecule has 0 saturated carbocycles. The molecule has 1 rings (SSSR count). The highest BCUT2D eigenvalue weighted by molar-refractivity contribution is 7.29. The maximum Gasteiger partial charge on any atom is 0.539 e. The van der Waals surface area contributed by atoms with Gasteiger partial charge in [0.1, 0.15) is 0 Å². The quantitative estimate of drug-likeness (QED) is 0.575. The molecule has 1 heterocycles. The fourth-order valence-corrected chi connectivity index (χ4v) is 14.4. The highest BCUT2D eigenvalue weighted by Gasteiger charge is 2.70. The molecular weight excluding hydrogens is 318 g/mol. The van der Waals surface area contributed by atoms with Crippen LogP contribution in [0.25, 0.3) is 0 Å². The van der Waals surface area contributed by atoms with Crippen LogP contribution in [0.5, 0.6) is 0 Å². The zero-order valence-corrected chi connectivity index (χ0v) is 16.6. The molecular formula is C14H33NO5Si2. The van der Waals surface area contributed by atoms with Gasteiger partial charge in [-0.25, -0.2) is 0 Å². The van der Waals surface area contributed by atoms with E-state index in [2.05, 4.69) is 0 Å². The third kappa shape index (κ3) is 4.60. The molecule has 0 amide bonds. The lowest BCUT2D eigenvalue weighted by Gasteiger charge is -2.47. The van der Waals surface area contributed by atoms with Crippen LogP contribution in [0.15, 0.2) is 0 Å². The van der Waals surface area contributed by atoms with Gasteiger partial charge in [0.2, 0.25) is 0 Å². The van der Waals surface area contributed by atoms with Crippen LogP contribution >= 0.6 is 0 Å². The summed E-state index contributed by atoms with van der Waals surface area (Å²) in [6.45, 7) is 10.9. The van der Waals surface area contributed by atoms with Gasteiger partial charge in [-0.2, -0.15) is 0 Å². The van der Waals surface area contributed by atoms with Crippen molar-refractivity contribution in [3.8, 4) is 0 Å². The first-order chi connectivity index (χ1) is 10.6. The molecule has 1 unspecified atom stereocenters. The third-order valence-electron chi connectivity index (χ3n) is 3.74. The van der Waals surface area contributed by atoms with Gasteiger partial charge in [0.25, 0.3) is 0 Å². The maximum absolute atomic E-state index is 6.43. The van der Waals surface area contributed by atoms with Gasteiger partial charge >= 0.3 is 16.4 Å². The Morgan fingerprint density at radius 3 is 1.95 bits per heavy atom. The van der Waals surface area contributed by atoms with E-state index in [-0.39, 0.29) is 6.10 Å². The summed E-state index contributed by atoms with van der Waals surface area (Å²) in [6, 6.07) is 0.871. The lowest BCUT2D eigenvalue weighted by Crippen LogP contribution is -2.75. The van der Waals surface area contributed by atoms with E-state index < -0.39 is 16.4 Å². The first-order valence-corrected chi connectivity index (χ1v) is 13.3. The molecule has 0 radical (unpaired) electrons. The van der Waals surface area contributed by atoms with E-state index >= 15 is 0 Å². The summed E-state index contributed by atoms with van der Waals surface area (Å²) >= 11 is 0. The van der Waals surface area contributed by atoms with Crippen LogP contribution in [0.4, 0.5) is 0 Å². The minimum atomic E-state index is -2.96. The second-order valence-corrected chi connectivity index (χ2v) is 13.9. The number of rotatable bonds is 11. The second kappa shape index (κ2) is 10.1. The molecule has 0 aliphatic carbocycles. The summed E-state index contributed by atoms with van der Waals surface area (Å²) in [5, 5.41) is 0. The van der Waals surface area contributed by atoms with E-state index in [1.807, 2.05) is 27.7 Å². The molecule has 0 aromatic heterocycles. The Morgan fingerprint density at radius 2 is 1.50 bits per heavy atom. The molecule has 1 saturated heterocycles. The Labute approximate surface area is 137 Å². The van der Waals surface area contributed by atoms with Gasteiger partial charge in [-0.3, -0.25) is 0 Å². The molecule has 22 heavy (non-hydrogen) atoms. The van der Waals surface area contributed by atoms with Gasteiger partial charge in [0, 0.05) is 32.5 Å². The molecule has 0 bridgehead atoms. The molecule has 2 N–H and O–H groups in total. The Balaban J connectivity index is 3.05. The van der Waals surface area contributed by atoms with Crippen molar-refractivity contribution in [2.45, 2.75) is 59.1 Å². The Bertz CT molecular complexity index is 297. The van der Waals surface area contributed by atoms with E-state index in [1.54, 1.807) is 0 Å². The SMILES string of the molecule is CCO[Si]1(OCC)CCC(CCCN)O[Si]1(OCC)OCC. The van der Waals surface area contributed by atoms with E-state index in [9.17, 15) is 0 Å². The van der Waals surface area contributed by atoms with E-state index in [0.29, 0.717) is 33.0 Å². The van der Waals surface area contributed by atoms with Gasteiger partial charge in [-0.1, -0.05) is 0 Å². The van der Waals surface area contributed by atoms with Crippen molar-refractivity contribution in [2.24, 2.45) is 5.73 Å². The third-order valence-corrected chi connectivity index (χ3v) is 14.7. The molecule has 6 nitrogen and oxygen atoms in total. The zero-order chi connectivity index (χ0) is 16.5. The van der Waals surface area contributed by atoms with Gasteiger partial charge < -0.3 is 27.9 Å². The number of nitrogens with two attached hydrogens (primary N) is 1. The van der Waals surface area contributed by atoms with Crippen molar-refractivity contribution in [3.63, 3.8) is 0 Å². The van der Waals surface area contributed by atoms with Crippen molar-refractivity contribution in [1.82, 2.24) is 0 Å². The average molecular weight is 352 g/mol. The van der Waals surface area contributed by atoms with Crippen LogP contribution in [0.1, 0.15) is 47.0 Å². The Hall–Kier alpha value is 0.194. The summed E-state index contributed by atoms with van der Waals surface area (Å²) < 4.78 is 31.0. The van der Waals surface area contributed by atoms with Crippen LogP contribution in [0.2, 0.25) is 6.04 Å². The maximum atomic E-state index is 6.43. The fourth-order valence-electron chi connectivity index (χ4n) is 2.96. The van der Waals surface area contributed by atoms with Crippen LogP contribution in [-0.2, 0) is 22.1 Å². The highest BCUT2D eigenvalue weighted by Crippen LogP contribution is 2.38. The van der Waals surface area contributed by atoms with E-state index in [1.165, 1.54) is 0 Å². The van der Waals surface area contributed by atoms with Gasteiger partial charge in [-0.15, -0.1) is 0 Å². The van der Waals surface area contributed by atoms with Crippen LogP contribution in [0.3, 0.4) is 0 Å². The summed E-state index contributed by atoms with van der Waals surface area (Å²) in [5.74, 6) is 0. The topological polar surface area (TPSA) is 72.2 Å². The first kappa shape index (κ1) is 20.2. The molecule has 1 aliphatic rings. The minimum absolute atomic E-state index is 0.134. The Morgan fingerprint density at radius 1 is 0.955 bits per heavy atom. The lowest BCUT2D eigenvalue weighted by atomic mass is 10.1. The summed E-state index contributed by atoms with van der Waals surface area (Å²) in [5.41, 5.74) is 5.63. The minimum Gasteiger partial charge on any atom is -0.392 e. The normalized spacial score (nSPS) is 23.6. The van der Waals surface area contributed by atoms with Crippen molar-refractivity contribution in [1.29, 1.82) is 0 Å². The largest absolute Gasteiger partial charge is 0.539 e. The fraction of sp³-hybridized carbons (Fsp3) is 1.00. The molecule has 1 atom stereocenters. The predicted octanol–water partition coefficient (Wildman–Crippen LogP) is 2.12. The van der Waals surface area contributed by atoms with Gasteiger partial charge in [-0.05, 0) is 59.5 Å². The second-order valence-electron chi connectivity index (χ2n) is 5.25. The highest BCUT2D eigenvalue weighted by atomic mass is 29.3. The number of hydrogen-bond acceptors (Lipinski definition) is 6. The van der Waals surface area contributed by atoms with E-state index in [4.69, 9.17) is 27.9 Å². The summed E-state index contributed by atoms with van der Waals surface area (Å²) in [6.07, 6.45) is 2.95. The monoisotopic (exact) mass is 351 g/mol. The smallest absolute Gasteiger partial charge is 0.392 e. The summed E-state index contributed by atoms with van der Waals surface area (Å²) in [7, 11) is -5.61. The molecule has 0 spiro atoms. The predicted molar refractivity (Wildman–Crippen MR) is 90.6 cm³/mol. The summed E-state index contributed by atoms with van der Waals surface area (Å²) in [4.78, 5) is 0. The van der Waals surface area contributed by atoms with Crippen LogP contribution < -0.4 is 5.73 Å². The van der Waals surface area contributed by atoms with Crippen molar-refractivity contribution >= 4 is 16.4 Å². The van der Waals surface area contributed by atoms with Gasteiger partial charge in [0.15, 0.2) is 0 Å². The molecule has 8 heteroatoms. The zero-order valence-electron chi connectivity index (χ0n) is 14.6. The lowest BCUT2D eigenvalue weighted by molar-refractivity contribution is 0.0120. The molecule has 1 fully saturated rings. The van der Waals surface area contributed by atoms with Gasteiger partial charge in [0.05, 0.1) is 0 Å². The first-order valence-electron chi connectivity index (χ1n) is 8.57.